The smallest absolute Gasteiger partial charge is 0.319 e. The fourth-order valence-electron chi connectivity index (χ4n) is 3.68. The highest BCUT2D eigenvalue weighted by atomic mass is 16.2. The van der Waals surface area contributed by atoms with Gasteiger partial charge in [0, 0.05) is 23.2 Å². The van der Waals surface area contributed by atoms with E-state index in [1.807, 2.05) is 54.6 Å². The lowest BCUT2D eigenvalue weighted by molar-refractivity contribution is 0.100. The Morgan fingerprint density at radius 3 is 2.47 bits per heavy atom. The number of hydrogen-bond donors (Lipinski definition) is 4. The number of hydrogen-bond acceptors (Lipinski definition) is 3. The summed E-state index contributed by atoms with van der Waals surface area (Å²) < 4.78 is 0. The first kappa shape index (κ1) is 21.1. The van der Waals surface area contributed by atoms with Crippen LogP contribution in [0.2, 0.25) is 0 Å². The lowest BCUT2D eigenvalue weighted by Crippen LogP contribution is -2.28. The summed E-state index contributed by atoms with van der Waals surface area (Å²) in [5.41, 5.74) is 10.9. The van der Waals surface area contributed by atoms with Crippen molar-refractivity contribution in [3.63, 3.8) is 0 Å². The molecule has 4 rings (SSSR count). The lowest BCUT2D eigenvalue weighted by Gasteiger charge is -2.12. The fraction of sp³-hybridized carbons (Fsp3) is 0.160. The predicted octanol–water partition coefficient (Wildman–Crippen LogP) is 4.77. The molecule has 1 aromatic heterocycles. The van der Waals surface area contributed by atoms with E-state index in [1.54, 1.807) is 12.1 Å². The van der Waals surface area contributed by atoms with Crippen molar-refractivity contribution in [2.45, 2.75) is 26.3 Å². The van der Waals surface area contributed by atoms with Gasteiger partial charge in [-0.1, -0.05) is 56.3 Å². The molecule has 0 aliphatic rings. The zero-order chi connectivity index (χ0) is 22.7. The molecule has 1 heterocycles. The summed E-state index contributed by atoms with van der Waals surface area (Å²) in [5, 5.41) is 13.8. The summed E-state index contributed by atoms with van der Waals surface area (Å²) in [6, 6.07) is 20.4. The fourth-order valence-corrected chi connectivity index (χ4v) is 3.68. The number of fused-ring (bicyclic) bond motifs is 1. The number of urea groups is 1. The molecule has 0 aliphatic carbocycles. The molecule has 0 spiro atoms. The predicted molar refractivity (Wildman–Crippen MR) is 126 cm³/mol. The highest BCUT2D eigenvalue weighted by molar-refractivity contribution is 6.10. The largest absolute Gasteiger partial charge is 0.366 e. The molecule has 0 bridgehead atoms. The molecule has 0 unspecified atom stereocenters. The maximum atomic E-state index is 12.5. The average Bonchev–Trinajstić information content (AvgIpc) is 3.22. The molecule has 32 heavy (non-hydrogen) atoms. The molecule has 0 aliphatic heterocycles. The lowest BCUT2D eigenvalue weighted by atomic mass is 9.99. The molecule has 0 saturated heterocycles. The Bertz CT molecular complexity index is 1280. The first-order chi connectivity index (χ1) is 15.4. The number of aromatic amines is 1. The van der Waals surface area contributed by atoms with E-state index in [0.29, 0.717) is 29.1 Å². The second kappa shape index (κ2) is 8.93. The normalized spacial score (nSPS) is 11.0. The van der Waals surface area contributed by atoms with Crippen molar-refractivity contribution >= 4 is 28.5 Å². The number of carbonyl (C=O) groups is 2. The molecule has 0 atom stereocenters. The minimum atomic E-state index is -0.517. The number of H-pyrrole nitrogens is 1. The van der Waals surface area contributed by atoms with Crippen molar-refractivity contribution in [3.8, 4) is 11.3 Å². The number of aromatic nitrogens is 2. The third-order valence-corrected chi connectivity index (χ3v) is 5.40. The molecule has 0 fully saturated rings. The van der Waals surface area contributed by atoms with Crippen LogP contribution in [0.5, 0.6) is 0 Å². The molecule has 162 valence electrons. The number of nitrogens with two attached hydrogens (primary N) is 1. The number of amides is 3. The van der Waals surface area contributed by atoms with Gasteiger partial charge in [0.2, 0.25) is 5.91 Å². The molecule has 3 amide bonds. The van der Waals surface area contributed by atoms with Crippen LogP contribution in [0.4, 0.5) is 10.5 Å². The van der Waals surface area contributed by atoms with Crippen LogP contribution < -0.4 is 16.4 Å². The molecule has 0 saturated carbocycles. The van der Waals surface area contributed by atoms with Gasteiger partial charge in [0.15, 0.2) is 0 Å². The molecular formula is C25H25N5O2. The number of primary amides is 1. The maximum absolute atomic E-state index is 12.5. The number of carbonyl (C=O) groups excluding carboxylic acids is 2. The monoisotopic (exact) mass is 427 g/mol. The summed E-state index contributed by atoms with van der Waals surface area (Å²) in [5.74, 6) is -0.0840. The van der Waals surface area contributed by atoms with Crippen LogP contribution in [0.15, 0.2) is 66.7 Å². The van der Waals surface area contributed by atoms with Gasteiger partial charge < -0.3 is 16.4 Å². The number of benzene rings is 3. The maximum Gasteiger partial charge on any atom is 0.319 e. The van der Waals surface area contributed by atoms with E-state index in [2.05, 4.69) is 34.7 Å². The van der Waals surface area contributed by atoms with Gasteiger partial charge in [0.1, 0.15) is 5.69 Å². The van der Waals surface area contributed by atoms with Crippen LogP contribution in [0.25, 0.3) is 22.2 Å². The van der Waals surface area contributed by atoms with Gasteiger partial charge in [-0.25, -0.2) is 4.79 Å². The Morgan fingerprint density at radius 2 is 1.75 bits per heavy atom. The van der Waals surface area contributed by atoms with Crippen LogP contribution in [0, 0.1) is 0 Å². The van der Waals surface area contributed by atoms with Crippen LogP contribution in [-0.4, -0.2) is 22.1 Å². The number of rotatable bonds is 6. The Labute approximate surface area is 186 Å². The summed E-state index contributed by atoms with van der Waals surface area (Å²) in [6.07, 6.45) is 0. The molecule has 7 heteroatoms. The Balaban J connectivity index is 1.54. The van der Waals surface area contributed by atoms with Gasteiger partial charge in [-0.05, 0) is 41.3 Å². The standard InChI is InChI=1S/C25H25N5O2/c1-15(2)16-10-12-18(13-11-16)28-25(32)27-14-17-6-3-4-7-19(17)23-22-20(24(26)31)8-5-9-21(22)29-30-23/h3-13,15H,14H2,1-2H3,(H2,26,31)(H,29,30)(H2,27,28,32). The summed E-state index contributed by atoms with van der Waals surface area (Å²) in [7, 11) is 0. The zero-order valence-electron chi connectivity index (χ0n) is 18.0. The SMILES string of the molecule is CC(C)c1ccc(NC(=O)NCc2ccccc2-c2n[nH]c3cccc(C(N)=O)c23)cc1. The first-order valence-corrected chi connectivity index (χ1v) is 10.4. The molecular weight excluding hydrogens is 402 g/mol. The summed E-state index contributed by atoms with van der Waals surface area (Å²) in [4.78, 5) is 24.4. The Hall–Kier alpha value is -4.13. The number of nitrogens with one attached hydrogen (secondary N) is 3. The van der Waals surface area contributed by atoms with Crippen molar-refractivity contribution in [3.05, 3.63) is 83.4 Å². The average molecular weight is 428 g/mol. The minimum Gasteiger partial charge on any atom is -0.366 e. The molecule has 4 aromatic rings. The third kappa shape index (κ3) is 4.32. The van der Waals surface area contributed by atoms with Crippen LogP contribution in [0.3, 0.4) is 0 Å². The van der Waals surface area contributed by atoms with Crippen LogP contribution in [0.1, 0.15) is 41.3 Å². The highest BCUT2D eigenvalue weighted by Gasteiger charge is 2.17. The second-order valence-corrected chi connectivity index (χ2v) is 7.91. The van der Waals surface area contributed by atoms with Crippen LogP contribution in [-0.2, 0) is 6.54 Å². The van der Waals surface area contributed by atoms with Gasteiger partial charge in [-0.3, -0.25) is 9.89 Å². The van der Waals surface area contributed by atoms with Gasteiger partial charge in [0.25, 0.3) is 0 Å². The van der Waals surface area contributed by atoms with Crippen molar-refractivity contribution in [2.75, 3.05) is 5.32 Å². The van der Waals surface area contributed by atoms with E-state index in [1.165, 1.54) is 5.56 Å². The van der Waals surface area contributed by atoms with E-state index in [-0.39, 0.29) is 6.03 Å². The third-order valence-electron chi connectivity index (χ3n) is 5.40. The van der Waals surface area contributed by atoms with E-state index < -0.39 is 5.91 Å². The first-order valence-electron chi connectivity index (χ1n) is 10.4. The van der Waals surface area contributed by atoms with Crippen molar-refractivity contribution in [1.82, 2.24) is 15.5 Å². The van der Waals surface area contributed by atoms with Crippen molar-refractivity contribution in [1.29, 1.82) is 0 Å². The second-order valence-electron chi connectivity index (χ2n) is 7.91. The van der Waals surface area contributed by atoms with Crippen LogP contribution >= 0.6 is 0 Å². The summed E-state index contributed by atoms with van der Waals surface area (Å²) >= 11 is 0. The van der Waals surface area contributed by atoms with E-state index >= 15 is 0 Å². The Kier molecular flexibility index (Phi) is 5.89. The Morgan fingerprint density at radius 1 is 1.00 bits per heavy atom. The molecule has 7 nitrogen and oxygen atoms in total. The van der Waals surface area contributed by atoms with Gasteiger partial charge >= 0.3 is 6.03 Å². The molecule has 5 N–H and O–H groups in total. The number of anilines is 1. The topological polar surface area (TPSA) is 113 Å². The number of nitrogens with zero attached hydrogens (tertiary/aromatic N) is 1. The van der Waals surface area contributed by atoms with E-state index in [0.717, 1.165) is 22.3 Å². The highest BCUT2D eigenvalue weighted by Crippen LogP contribution is 2.31. The van der Waals surface area contributed by atoms with E-state index in [4.69, 9.17) is 5.73 Å². The summed E-state index contributed by atoms with van der Waals surface area (Å²) in [6.45, 7) is 4.54. The van der Waals surface area contributed by atoms with Gasteiger partial charge in [-0.15, -0.1) is 0 Å². The minimum absolute atomic E-state index is 0.291. The quantitative estimate of drug-likeness (QED) is 0.355. The van der Waals surface area contributed by atoms with E-state index in [9.17, 15) is 9.59 Å². The zero-order valence-corrected chi connectivity index (χ0v) is 18.0. The van der Waals surface area contributed by atoms with Gasteiger partial charge in [-0.2, -0.15) is 5.10 Å². The molecule has 0 radical (unpaired) electrons. The molecule has 3 aromatic carbocycles. The van der Waals surface area contributed by atoms with Gasteiger partial charge in [0.05, 0.1) is 11.1 Å². The van der Waals surface area contributed by atoms with Crippen molar-refractivity contribution in [2.24, 2.45) is 5.73 Å². The van der Waals surface area contributed by atoms with Crippen molar-refractivity contribution < 1.29 is 9.59 Å².